The highest BCUT2D eigenvalue weighted by molar-refractivity contribution is 9.10. The summed E-state index contributed by atoms with van der Waals surface area (Å²) in [4.78, 5) is 27.0. The molecule has 1 N–H and O–H groups in total. The van der Waals surface area contributed by atoms with Crippen LogP contribution >= 0.6 is 15.9 Å². The molecule has 0 radical (unpaired) electrons. The minimum Gasteiger partial charge on any atom is -0.484 e. The number of carbonyl (C=O) groups excluding carboxylic acids is 2. The van der Waals surface area contributed by atoms with Crippen LogP contribution in [-0.4, -0.2) is 35.9 Å². The average Bonchev–Trinajstić information content (AvgIpc) is 2.70. The summed E-state index contributed by atoms with van der Waals surface area (Å²) < 4.78 is 6.54. The minimum atomic E-state index is -0.595. The molecule has 2 aromatic rings. The molecule has 0 spiro atoms. The fourth-order valence-corrected chi connectivity index (χ4v) is 3.14. The van der Waals surface area contributed by atoms with E-state index in [0.717, 1.165) is 22.9 Å². The van der Waals surface area contributed by atoms with Crippen LogP contribution in [0.15, 0.2) is 59.1 Å². The molecule has 0 aliphatic heterocycles. The van der Waals surface area contributed by atoms with Crippen LogP contribution < -0.4 is 10.1 Å². The number of halogens is 1. The normalized spacial score (nSPS) is 11.5. The van der Waals surface area contributed by atoms with Crippen molar-refractivity contribution < 1.29 is 14.3 Å². The molecule has 0 aromatic heterocycles. The summed E-state index contributed by atoms with van der Waals surface area (Å²) in [6.07, 6.45) is 1.91. The highest BCUT2D eigenvalue weighted by Crippen LogP contribution is 2.16. The second-order valence-electron chi connectivity index (χ2n) is 6.57. The summed E-state index contributed by atoms with van der Waals surface area (Å²) in [7, 11) is 0. The third-order valence-corrected chi connectivity index (χ3v) is 4.84. The Bertz CT molecular complexity index is 767. The quantitative estimate of drug-likeness (QED) is 0.557. The first-order valence-electron chi connectivity index (χ1n) is 9.50. The zero-order valence-corrected chi connectivity index (χ0v) is 17.9. The molecule has 0 saturated heterocycles. The van der Waals surface area contributed by atoms with Crippen LogP contribution in [0.5, 0.6) is 5.75 Å². The minimum absolute atomic E-state index is 0.120. The molecule has 6 heteroatoms. The highest BCUT2D eigenvalue weighted by atomic mass is 79.9. The van der Waals surface area contributed by atoms with Gasteiger partial charge in [-0.25, -0.2) is 0 Å². The first-order valence-corrected chi connectivity index (χ1v) is 10.3. The van der Waals surface area contributed by atoms with Gasteiger partial charge in [0.1, 0.15) is 11.8 Å². The van der Waals surface area contributed by atoms with E-state index in [1.165, 1.54) is 0 Å². The van der Waals surface area contributed by atoms with Crippen molar-refractivity contribution in [2.24, 2.45) is 0 Å². The number of benzene rings is 2. The van der Waals surface area contributed by atoms with Crippen molar-refractivity contribution in [3.63, 3.8) is 0 Å². The largest absolute Gasteiger partial charge is 0.484 e. The van der Waals surface area contributed by atoms with Gasteiger partial charge in [0.2, 0.25) is 5.91 Å². The molecule has 5 nitrogen and oxygen atoms in total. The zero-order chi connectivity index (χ0) is 20.4. The van der Waals surface area contributed by atoms with E-state index in [9.17, 15) is 9.59 Å². The van der Waals surface area contributed by atoms with E-state index >= 15 is 0 Å². The SMILES string of the molecule is CCCCNC(=O)C(C)N(Cc1cccc(Br)c1)C(=O)COc1ccccc1. The lowest BCUT2D eigenvalue weighted by Gasteiger charge is -2.28. The van der Waals surface area contributed by atoms with Crippen molar-refractivity contribution in [1.82, 2.24) is 10.2 Å². The second kappa shape index (κ2) is 11.5. The second-order valence-corrected chi connectivity index (χ2v) is 7.49. The summed E-state index contributed by atoms with van der Waals surface area (Å²) in [5.74, 6) is 0.233. The molecule has 0 bridgehead atoms. The molecule has 0 aliphatic rings. The van der Waals surface area contributed by atoms with Gasteiger partial charge in [-0.15, -0.1) is 0 Å². The number of rotatable bonds is 10. The summed E-state index contributed by atoms with van der Waals surface area (Å²) in [5.41, 5.74) is 0.940. The Morgan fingerprint density at radius 3 is 2.57 bits per heavy atom. The van der Waals surface area contributed by atoms with Crippen molar-refractivity contribution in [3.8, 4) is 5.75 Å². The topological polar surface area (TPSA) is 58.6 Å². The van der Waals surface area contributed by atoms with Crippen molar-refractivity contribution >= 4 is 27.7 Å². The molecule has 150 valence electrons. The summed E-state index contributed by atoms with van der Waals surface area (Å²) in [6, 6.07) is 16.3. The van der Waals surface area contributed by atoms with Crippen LogP contribution in [0.1, 0.15) is 32.3 Å². The number of nitrogens with zero attached hydrogens (tertiary/aromatic N) is 1. The van der Waals surface area contributed by atoms with E-state index in [1.54, 1.807) is 24.0 Å². The maximum Gasteiger partial charge on any atom is 0.261 e. The smallest absolute Gasteiger partial charge is 0.261 e. The molecule has 2 amide bonds. The number of ether oxygens (including phenoxy) is 1. The number of para-hydroxylation sites is 1. The lowest BCUT2D eigenvalue weighted by atomic mass is 10.1. The number of hydrogen-bond acceptors (Lipinski definition) is 3. The predicted octanol–water partition coefficient (Wildman–Crippen LogP) is 4.16. The number of nitrogens with one attached hydrogen (secondary N) is 1. The Balaban J connectivity index is 2.09. The molecule has 2 aromatic carbocycles. The lowest BCUT2D eigenvalue weighted by molar-refractivity contribution is -0.142. The Labute approximate surface area is 175 Å². The van der Waals surface area contributed by atoms with Crippen molar-refractivity contribution in [2.45, 2.75) is 39.3 Å². The first-order chi connectivity index (χ1) is 13.5. The van der Waals surface area contributed by atoms with Gasteiger partial charge in [-0.05, 0) is 43.2 Å². The van der Waals surface area contributed by atoms with E-state index in [-0.39, 0.29) is 18.4 Å². The van der Waals surface area contributed by atoms with Crippen LogP contribution in [0.25, 0.3) is 0 Å². The van der Waals surface area contributed by atoms with Crippen molar-refractivity contribution in [1.29, 1.82) is 0 Å². The number of amides is 2. The van der Waals surface area contributed by atoms with Gasteiger partial charge in [0.15, 0.2) is 6.61 Å². The van der Waals surface area contributed by atoms with Crippen LogP contribution in [0.2, 0.25) is 0 Å². The molecular formula is C22H27BrN2O3. The highest BCUT2D eigenvalue weighted by Gasteiger charge is 2.26. The third-order valence-electron chi connectivity index (χ3n) is 4.34. The van der Waals surface area contributed by atoms with Gasteiger partial charge in [-0.1, -0.05) is 59.6 Å². The molecule has 1 atom stereocenters. The fourth-order valence-electron chi connectivity index (χ4n) is 2.70. The average molecular weight is 447 g/mol. The van der Waals surface area contributed by atoms with Gasteiger partial charge < -0.3 is 15.0 Å². The van der Waals surface area contributed by atoms with Crippen LogP contribution in [0, 0.1) is 0 Å². The van der Waals surface area contributed by atoms with Crippen LogP contribution in [-0.2, 0) is 16.1 Å². The number of unbranched alkanes of at least 4 members (excludes halogenated alkanes) is 1. The van der Waals surface area contributed by atoms with Gasteiger partial charge >= 0.3 is 0 Å². The van der Waals surface area contributed by atoms with Crippen molar-refractivity contribution in [2.75, 3.05) is 13.2 Å². The Morgan fingerprint density at radius 2 is 1.89 bits per heavy atom. The molecule has 0 heterocycles. The van der Waals surface area contributed by atoms with Gasteiger partial charge in [0, 0.05) is 17.6 Å². The Hall–Kier alpha value is -2.34. The summed E-state index contributed by atoms with van der Waals surface area (Å²) in [5, 5.41) is 2.91. The molecule has 0 saturated carbocycles. The van der Waals surface area contributed by atoms with Crippen LogP contribution in [0.3, 0.4) is 0 Å². The van der Waals surface area contributed by atoms with E-state index < -0.39 is 6.04 Å². The standard InChI is InChI=1S/C22H27BrN2O3/c1-3-4-13-24-22(27)17(2)25(15-18-9-8-10-19(23)14-18)21(26)16-28-20-11-6-5-7-12-20/h5-12,14,17H,3-4,13,15-16H2,1-2H3,(H,24,27). The Morgan fingerprint density at radius 1 is 1.14 bits per heavy atom. The number of hydrogen-bond donors (Lipinski definition) is 1. The molecule has 0 aliphatic carbocycles. The van der Waals surface area contributed by atoms with E-state index in [0.29, 0.717) is 18.8 Å². The van der Waals surface area contributed by atoms with E-state index in [4.69, 9.17) is 4.74 Å². The summed E-state index contributed by atoms with van der Waals surface area (Å²) in [6.45, 7) is 4.64. The van der Waals surface area contributed by atoms with Gasteiger partial charge in [0.05, 0.1) is 0 Å². The molecule has 0 fully saturated rings. The Kier molecular flexibility index (Phi) is 9.01. The lowest BCUT2D eigenvalue weighted by Crippen LogP contribution is -2.49. The molecular weight excluding hydrogens is 420 g/mol. The summed E-state index contributed by atoms with van der Waals surface area (Å²) >= 11 is 3.45. The molecule has 2 rings (SSSR count). The number of carbonyl (C=O) groups is 2. The van der Waals surface area contributed by atoms with E-state index in [2.05, 4.69) is 28.2 Å². The van der Waals surface area contributed by atoms with Gasteiger partial charge in [0.25, 0.3) is 5.91 Å². The monoisotopic (exact) mass is 446 g/mol. The zero-order valence-electron chi connectivity index (χ0n) is 16.4. The van der Waals surface area contributed by atoms with E-state index in [1.807, 2.05) is 42.5 Å². The maximum absolute atomic E-state index is 12.9. The van der Waals surface area contributed by atoms with Gasteiger partial charge in [-0.3, -0.25) is 9.59 Å². The molecule has 28 heavy (non-hydrogen) atoms. The van der Waals surface area contributed by atoms with Crippen LogP contribution in [0.4, 0.5) is 0 Å². The fraction of sp³-hybridized carbons (Fsp3) is 0.364. The van der Waals surface area contributed by atoms with Crippen molar-refractivity contribution in [3.05, 3.63) is 64.6 Å². The predicted molar refractivity (Wildman–Crippen MR) is 114 cm³/mol. The third kappa shape index (κ3) is 7.00. The first kappa shape index (κ1) is 22.0. The van der Waals surface area contributed by atoms with Gasteiger partial charge in [-0.2, -0.15) is 0 Å². The maximum atomic E-state index is 12.9. The molecule has 1 unspecified atom stereocenters.